The van der Waals surface area contributed by atoms with Crippen LogP contribution in [0.1, 0.15) is 12.0 Å². The molecule has 1 heterocycles. The summed E-state index contributed by atoms with van der Waals surface area (Å²) in [5.41, 5.74) is 5.38. The number of carboxylic acids is 1. The van der Waals surface area contributed by atoms with Crippen LogP contribution in [0.15, 0.2) is 11.4 Å². The van der Waals surface area contributed by atoms with E-state index >= 15 is 0 Å². The van der Waals surface area contributed by atoms with Crippen molar-refractivity contribution >= 4 is 34.1 Å². The van der Waals surface area contributed by atoms with E-state index in [0.717, 1.165) is 0 Å². The predicted octanol–water partition coefficient (Wildman–Crippen LogP) is -0.180. The van der Waals surface area contributed by atoms with Crippen molar-refractivity contribution in [3.8, 4) is 6.07 Å². The molecule has 2 amide bonds. The van der Waals surface area contributed by atoms with Crippen LogP contribution in [-0.4, -0.2) is 47.4 Å². The molecule has 0 aliphatic heterocycles. The molecule has 4 N–H and O–H groups in total. The molecule has 0 bridgehead atoms. The van der Waals surface area contributed by atoms with Gasteiger partial charge in [0.2, 0.25) is 11.8 Å². The average molecular weight is 310 g/mol. The summed E-state index contributed by atoms with van der Waals surface area (Å²) in [7, 11) is 0. The van der Waals surface area contributed by atoms with Gasteiger partial charge in [0, 0.05) is 13.0 Å². The number of nitrogens with zero attached hydrogens (tertiary/aromatic N) is 2. The summed E-state index contributed by atoms with van der Waals surface area (Å²) in [4.78, 5) is 34.5. The number of aliphatic carboxylic acids is 1. The van der Waals surface area contributed by atoms with Gasteiger partial charge in [0.05, 0.1) is 18.7 Å². The summed E-state index contributed by atoms with van der Waals surface area (Å²) >= 11 is 1.22. The van der Waals surface area contributed by atoms with Crippen molar-refractivity contribution in [1.82, 2.24) is 4.90 Å². The molecular formula is C12H14N4O4S. The number of thiophene rings is 1. The van der Waals surface area contributed by atoms with E-state index in [0.29, 0.717) is 10.6 Å². The van der Waals surface area contributed by atoms with E-state index in [1.165, 1.54) is 16.2 Å². The maximum atomic E-state index is 11.8. The minimum Gasteiger partial charge on any atom is -0.480 e. The van der Waals surface area contributed by atoms with Crippen LogP contribution in [0.25, 0.3) is 0 Å². The molecular weight excluding hydrogens is 296 g/mol. The van der Waals surface area contributed by atoms with Crippen molar-refractivity contribution in [1.29, 1.82) is 5.26 Å². The lowest BCUT2D eigenvalue weighted by molar-refractivity contribution is -0.139. The van der Waals surface area contributed by atoms with Crippen LogP contribution in [0.5, 0.6) is 0 Å². The standard InChI is InChI=1S/C12H14N4O4S/c13-5-8-2-4-21-12(8)15-10(18)1-3-16(6-9(14)17)7-11(19)20/h2,4H,1,3,6-7H2,(H2,14,17)(H,15,18)(H,19,20). The summed E-state index contributed by atoms with van der Waals surface area (Å²) in [5, 5.41) is 22.2. The van der Waals surface area contributed by atoms with Crippen molar-refractivity contribution in [2.45, 2.75) is 6.42 Å². The number of rotatable bonds is 8. The fourth-order valence-electron chi connectivity index (χ4n) is 1.57. The van der Waals surface area contributed by atoms with E-state index in [-0.39, 0.29) is 32.0 Å². The Morgan fingerprint density at radius 3 is 2.71 bits per heavy atom. The summed E-state index contributed by atoms with van der Waals surface area (Å²) in [6.07, 6.45) is -0.0106. The number of hydrogen-bond acceptors (Lipinski definition) is 6. The van der Waals surface area contributed by atoms with Crippen LogP contribution in [0.2, 0.25) is 0 Å². The first-order valence-corrected chi connectivity index (χ1v) is 6.80. The quantitative estimate of drug-likeness (QED) is 0.609. The molecule has 1 rings (SSSR count). The van der Waals surface area contributed by atoms with Crippen molar-refractivity contribution in [3.63, 3.8) is 0 Å². The summed E-state index contributed by atoms with van der Waals surface area (Å²) in [6.45, 7) is -0.533. The number of carbonyl (C=O) groups excluding carboxylic acids is 2. The van der Waals surface area contributed by atoms with Crippen LogP contribution in [-0.2, 0) is 14.4 Å². The number of primary amides is 1. The minimum absolute atomic E-state index is 0.0106. The molecule has 9 heteroatoms. The van der Waals surface area contributed by atoms with Gasteiger partial charge in [0.1, 0.15) is 11.1 Å². The Hall–Kier alpha value is -2.44. The van der Waals surface area contributed by atoms with Gasteiger partial charge in [-0.25, -0.2) is 0 Å². The minimum atomic E-state index is -1.11. The van der Waals surface area contributed by atoms with Crippen molar-refractivity contribution in [3.05, 3.63) is 17.0 Å². The first kappa shape index (κ1) is 16.6. The first-order valence-electron chi connectivity index (χ1n) is 5.92. The molecule has 0 aliphatic rings. The molecule has 0 saturated carbocycles. The summed E-state index contributed by atoms with van der Waals surface area (Å²) in [6, 6.07) is 3.53. The lowest BCUT2D eigenvalue weighted by atomic mass is 10.3. The molecule has 1 aromatic heterocycles. The van der Waals surface area contributed by atoms with Crippen molar-refractivity contribution < 1.29 is 19.5 Å². The highest BCUT2D eigenvalue weighted by atomic mass is 32.1. The topological polar surface area (TPSA) is 137 Å². The van der Waals surface area contributed by atoms with E-state index < -0.39 is 11.9 Å². The number of carboxylic acid groups (broad SMARTS) is 1. The largest absolute Gasteiger partial charge is 0.480 e. The highest BCUT2D eigenvalue weighted by Crippen LogP contribution is 2.22. The summed E-state index contributed by atoms with van der Waals surface area (Å²) < 4.78 is 0. The van der Waals surface area contributed by atoms with Crippen LogP contribution >= 0.6 is 11.3 Å². The predicted molar refractivity (Wildman–Crippen MR) is 75.6 cm³/mol. The van der Waals surface area contributed by atoms with E-state index in [4.69, 9.17) is 16.1 Å². The maximum absolute atomic E-state index is 11.8. The van der Waals surface area contributed by atoms with Crippen LogP contribution < -0.4 is 11.1 Å². The molecule has 112 valence electrons. The molecule has 0 aromatic carbocycles. The number of amides is 2. The van der Waals surface area contributed by atoms with Gasteiger partial charge in [0.15, 0.2) is 0 Å². The lowest BCUT2D eigenvalue weighted by Crippen LogP contribution is -2.39. The zero-order valence-electron chi connectivity index (χ0n) is 11.0. The van der Waals surface area contributed by atoms with E-state index in [1.54, 1.807) is 11.4 Å². The Morgan fingerprint density at radius 1 is 1.43 bits per heavy atom. The summed E-state index contributed by atoms with van der Waals surface area (Å²) in [5.74, 6) is -2.14. The van der Waals surface area contributed by atoms with Gasteiger partial charge in [-0.15, -0.1) is 11.3 Å². The Morgan fingerprint density at radius 2 is 2.14 bits per heavy atom. The van der Waals surface area contributed by atoms with E-state index in [1.807, 2.05) is 6.07 Å². The molecule has 0 fully saturated rings. The fraction of sp³-hybridized carbons (Fsp3) is 0.333. The molecule has 0 saturated heterocycles. The normalized spacial score (nSPS) is 10.1. The van der Waals surface area contributed by atoms with Gasteiger partial charge in [-0.2, -0.15) is 5.26 Å². The van der Waals surface area contributed by atoms with Gasteiger partial charge in [-0.05, 0) is 11.4 Å². The van der Waals surface area contributed by atoms with Gasteiger partial charge < -0.3 is 16.2 Å². The van der Waals surface area contributed by atoms with E-state index in [2.05, 4.69) is 5.32 Å². The maximum Gasteiger partial charge on any atom is 0.317 e. The van der Waals surface area contributed by atoms with Crippen molar-refractivity contribution in [2.24, 2.45) is 5.73 Å². The molecule has 0 atom stereocenters. The second-order valence-electron chi connectivity index (χ2n) is 4.14. The Bertz CT molecular complexity index is 562. The highest BCUT2D eigenvalue weighted by Gasteiger charge is 2.15. The van der Waals surface area contributed by atoms with E-state index in [9.17, 15) is 14.4 Å². The first-order chi connectivity index (χ1) is 9.92. The molecule has 1 aromatic rings. The van der Waals surface area contributed by atoms with Crippen LogP contribution in [0, 0.1) is 11.3 Å². The fourth-order valence-corrected chi connectivity index (χ4v) is 2.32. The van der Waals surface area contributed by atoms with Crippen LogP contribution in [0.4, 0.5) is 5.00 Å². The van der Waals surface area contributed by atoms with Gasteiger partial charge in [0.25, 0.3) is 0 Å². The molecule has 0 radical (unpaired) electrons. The molecule has 0 spiro atoms. The Labute approximate surface area is 124 Å². The smallest absolute Gasteiger partial charge is 0.317 e. The SMILES string of the molecule is N#Cc1ccsc1NC(=O)CCN(CC(N)=O)CC(=O)O. The third-order valence-electron chi connectivity index (χ3n) is 2.43. The molecule has 0 aliphatic carbocycles. The Kier molecular flexibility index (Phi) is 6.32. The van der Waals surface area contributed by atoms with Gasteiger partial charge in [-0.3, -0.25) is 19.3 Å². The third-order valence-corrected chi connectivity index (χ3v) is 3.26. The number of carbonyl (C=O) groups is 3. The molecule has 21 heavy (non-hydrogen) atoms. The highest BCUT2D eigenvalue weighted by molar-refractivity contribution is 7.14. The lowest BCUT2D eigenvalue weighted by Gasteiger charge is -2.17. The van der Waals surface area contributed by atoms with Gasteiger partial charge >= 0.3 is 5.97 Å². The number of nitriles is 1. The molecule has 8 nitrogen and oxygen atoms in total. The second kappa shape index (κ2) is 7.98. The zero-order chi connectivity index (χ0) is 15.8. The van der Waals surface area contributed by atoms with Gasteiger partial charge in [-0.1, -0.05) is 0 Å². The monoisotopic (exact) mass is 310 g/mol. The second-order valence-corrected chi connectivity index (χ2v) is 5.06. The average Bonchev–Trinajstić information content (AvgIpc) is 2.81. The number of nitrogens with one attached hydrogen (secondary N) is 1. The number of hydrogen-bond donors (Lipinski definition) is 3. The van der Waals surface area contributed by atoms with Crippen molar-refractivity contribution in [2.75, 3.05) is 25.0 Å². The Balaban J connectivity index is 2.51. The third kappa shape index (κ3) is 6.03. The number of anilines is 1. The van der Waals surface area contributed by atoms with Crippen LogP contribution in [0.3, 0.4) is 0 Å². The molecule has 0 unspecified atom stereocenters. The zero-order valence-corrected chi connectivity index (χ0v) is 11.9. The number of nitrogens with two attached hydrogens (primary N) is 1.